The molecule has 4 N–H and O–H groups in total. The number of amides is 1. The molecule has 0 saturated heterocycles. The number of benzene rings is 2. The normalized spacial score (nSPS) is 13.4. The molecule has 0 unspecified atom stereocenters. The minimum absolute atomic E-state index is 0.0129. The average Bonchev–Trinajstić information content (AvgIpc) is 4.20. The smallest absolute Gasteiger partial charge is 0.307 e. The molecule has 4 aromatic heterocycles. The number of halogens is 2. The number of hydrogen-bond acceptors (Lipinski definition) is 14. The predicted octanol–water partition coefficient (Wildman–Crippen LogP) is 5.63. The number of nitrogens with one attached hydrogen (secondary N) is 1. The first-order valence-electron chi connectivity index (χ1n) is 20.7. The molecule has 0 spiro atoms. The minimum Gasteiger partial charge on any atom is -0.481 e. The van der Waals surface area contributed by atoms with E-state index in [0.29, 0.717) is 44.5 Å². The van der Waals surface area contributed by atoms with Gasteiger partial charge in [0.05, 0.1) is 37.3 Å². The number of carbonyl (C=O) groups is 2. The van der Waals surface area contributed by atoms with E-state index in [4.69, 9.17) is 20.8 Å². The summed E-state index contributed by atoms with van der Waals surface area (Å²) in [6, 6.07) is 15.8. The average molecular weight is 955 g/mol. The van der Waals surface area contributed by atoms with Crippen LogP contribution in [0.4, 0.5) is 8.78 Å². The molecule has 2 fully saturated rings. The Morgan fingerprint density at radius 3 is 1.57 bits per heavy atom. The number of rotatable bonds is 13. The number of nitrogens with two attached hydrogens (primary N) is 1. The van der Waals surface area contributed by atoms with Crippen molar-refractivity contribution in [2.45, 2.75) is 100 Å². The first-order chi connectivity index (χ1) is 31.7. The van der Waals surface area contributed by atoms with Crippen molar-refractivity contribution in [1.29, 1.82) is 10.5 Å². The summed E-state index contributed by atoms with van der Waals surface area (Å²) < 4.78 is 77.2. The summed E-state index contributed by atoms with van der Waals surface area (Å²) in [6.45, 7) is 7.47. The van der Waals surface area contributed by atoms with Crippen LogP contribution in [0.15, 0.2) is 83.4 Å². The second kappa shape index (κ2) is 20.4. The number of hydrogen-bond donors (Lipinski definition) is 3. The SMILES string of the molecule is CC(C)c1cc(F)cc(-c2ccnc(C#N)c2)c1CC(=O)NS(=O)(=O)c1cnn(C2CC2)n1.CC(C)c1cc(F)cc(-c2ccnc(C#N)c2)c1CC(=O)O.NS(=O)(=O)c1cnn(C2CC2)n1. The number of carbonyl (C=O) groups excluding carboxylic acids is 1. The molecule has 19 nitrogen and oxygen atoms in total. The van der Waals surface area contributed by atoms with Gasteiger partial charge in [0.15, 0.2) is 0 Å². The van der Waals surface area contributed by atoms with Crippen molar-refractivity contribution in [2.75, 3.05) is 0 Å². The van der Waals surface area contributed by atoms with Gasteiger partial charge in [-0.3, -0.25) is 9.59 Å². The minimum atomic E-state index is -4.22. The lowest BCUT2D eigenvalue weighted by Crippen LogP contribution is -2.32. The third-order valence-electron chi connectivity index (χ3n) is 10.3. The highest BCUT2D eigenvalue weighted by atomic mass is 32.2. The van der Waals surface area contributed by atoms with Crippen LogP contribution in [-0.2, 0) is 42.5 Å². The Morgan fingerprint density at radius 1 is 0.746 bits per heavy atom. The van der Waals surface area contributed by atoms with E-state index < -0.39 is 43.6 Å². The molecule has 8 rings (SSSR count). The number of aromatic nitrogens is 8. The number of sulfonamides is 2. The number of nitrogens with zero attached hydrogens (tertiary/aromatic N) is 10. The molecule has 348 valence electrons. The highest BCUT2D eigenvalue weighted by Crippen LogP contribution is 2.36. The zero-order valence-corrected chi connectivity index (χ0v) is 38.1. The fourth-order valence-corrected chi connectivity index (χ4v) is 8.11. The van der Waals surface area contributed by atoms with Gasteiger partial charge in [-0.25, -0.2) is 37.0 Å². The first-order valence-corrected chi connectivity index (χ1v) is 23.7. The van der Waals surface area contributed by atoms with Gasteiger partial charge in [-0.2, -0.15) is 38.7 Å². The van der Waals surface area contributed by atoms with E-state index in [0.717, 1.165) is 31.9 Å². The van der Waals surface area contributed by atoms with E-state index in [1.165, 1.54) is 64.6 Å². The molecule has 0 aliphatic heterocycles. The van der Waals surface area contributed by atoms with E-state index in [9.17, 15) is 35.2 Å². The van der Waals surface area contributed by atoms with Crippen LogP contribution < -0.4 is 9.86 Å². The van der Waals surface area contributed by atoms with Gasteiger partial charge in [0, 0.05) is 12.4 Å². The van der Waals surface area contributed by atoms with Crippen LogP contribution in [0.2, 0.25) is 0 Å². The van der Waals surface area contributed by atoms with Crippen molar-refractivity contribution < 1.29 is 40.3 Å². The summed E-state index contributed by atoms with van der Waals surface area (Å²) in [4.78, 5) is 34.5. The zero-order chi connectivity index (χ0) is 48.8. The van der Waals surface area contributed by atoms with E-state index in [1.54, 1.807) is 12.1 Å². The third kappa shape index (κ3) is 12.7. The first kappa shape index (κ1) is 49.1. The molecule has 2 aromatic carbocycles. The Bertz CT molecular complexity index is 3150. The lowest BCUT2D eigenvalue weighted by atomic mass is 9.88. The number of carboxylic acid groups (broad SMARTS) is 1. The number of primary sulfonamides is 1. The van der Waals surface area contributed by atoms with Crippen molar-refractivity contribution in [2.24, 2.45) is 5.14 Å². The van der Waals surface area contributed by atoms with E-state index in [2.05, 4.69) is 30.4 Å². The summed E-state index contributed by atoms with van der Waals surface area (Å²) in [6.07, 6.45) is 8.44. The van der Waals surface area contributed by atoms with Gasteiger partial charge >= 0.3 is 5.97 Å². The van der Waals surface area contributed by atoms with Crippen LogP contribution in [0.1, 0.15) is 111 Å². The molecule has 6 aromatic rings. The Morgan fingerprint density at radius 2 is 1.18 bits per heavy atom. The Hall–Kier alpha value is -7.34. The maximum Gasteiger partial charge on any atom is 0.307 e. The largest absolute Gasteiger partial charge is 0.481 e. The Kier molecular flexibility index (Phi) is 15.0. The fraction of sp³-hybridized carbons (Fsp3) is 0.318. The van der Waals surface area contributed by atoms with E-state index in [-0.39, 0.29) is 58.2 Å². The molecule has 1 amide bonds. The molecular weight excluding hydrogens is 911 g/mol. The molecule has 2 saturated carbocycles. The standard InChI is InChI=1S/C22H21FN6O3S.C17H15FN2O2.C5H8N4O2S/c1-13(2)18-8-15(23)9-19(14-5-6-25-16(7-14)11-24)20(18)10-21(30)28-33(31,32)22-12-26-29(27-22)17-3-4-17;1-10(2)14-6-12(18)7-15(16(14)8-17(21)22)11-3-4-20-13(5-11)9-19;6-12(10,11)5-3-7-9(8-5)4-1-2-4/h5-9,12-13,17H,3-4,10H2,1-2H3,(H,28,30);3-7,10H,8H2,1-2H3,(H,21,22);3-4H,1-2H2,(H2,6,10,11). The van der Waals surface area contributed by atoms with Gasteiger partial charge in [-0.05, 0) is 131 Å². The Labute approximate surface area is 384 Å². The maximum absolute atomic E-state index is 14.4. The van der Waals surface area contributed by atoms with Gasteiger partial charge in [0.25, 0.3) is 20.0 Å². The summed E-state index contributed by atoms with van der Waals surface area (Å²) in [5, 5.41) is 47.1. The lowest BCUT2D eigenvalue weighted by molar-refractivity contribution is -0.136. The topological polar surface area (TPSA) is 295 Å². The van der Waals surface area contributed by atoms with Crippen LogP contribution >= 0.6 is 0 Å². The van der Waals surface area contributed by atoms with Crippen LogP contribution in [0.5, 0.6) is 0 Å². The van der Waals surface area contributed by atoms with Crippen LogP contribution in [0, 0.1) is 34.3 Å². The molecule has 23 heteroatoms. The fourth-order valence-electron chi connectivity index (χ4n) is 6.86. The highest BCUT2D eigenvalue weighted by Gasteiger charge is 2.30. The zero-order valence-electron chi connectivity index (χ0n) is 36.5. The molecule has 0 radical (unpaired) electrons. The van der Waals surface area contributed by atoms with Crippen molar-refractivity contribution >= 4 is 31.9 Å². The van der Waals surface area contributed by atoms with Crippen LogP contribution in [-0.4, -0.2) is 73.8 Å². The van der Waals surface area contributed by atoms with Gasteiger partial charge in [-0.1, -0.05) is 27.7 Å². The lowest BCUT2D eigenvalue weighted by Gasteiger charge is -2.18. The second-order valence-corrected chi connectivity index (χ2v) is 19.4. The maximum atomic E-state index is 14.4. The van der Waals surface area contributed by atoms with Crippen molar-refractivity contribution in [3.63, 3.8) is 0 Å². The van der Waals surface area contributed by atoms with Crippen LogP contribution in [0.25, 0.3) is 22.3 Å². The highest BCUT2D eigenvalue weighted by molar-refractivity contribution is 7.90. The van der Waals surface area contributed by atoms with Gasteiger partial charge < -0.3 is 5.11 Å². The number of pyridine rings is 2. The molecule has 2 aliphatic rings. The molecule has 67 heavy (non-hydrogen) atoms. The monoisotopic (exact) mass is 954 g/mol. The number of carboxylic acids is 1. The summed E-state index contributed by atoms with van der Waals surface area (Å²) >= 11 is 0. The number of aliphatic carboxylic acids is 1. The summed E-state index contributed by atoms with van der Waals surface area (Å²) in [5.74, 6) is -2.86. The molecule has 2 aliphatic carbocycles. The number of nitriles is 2. The van der Waals surface area contributed by atoms with Crippen molar-refractivity contribution in [3.8, 4) is 34.4 Å². The van der Waals surface area contributed by atoms with Crippen molar-refractivity contribution in [1.82, 2.24) is 44.7 Å². The van der Waals surface area contributed by atoms with E-state index >= 15 is 0 Å². The molecular formula is C44H44F2N12O7S2. The summed E-state index contributed by atoms with van der Waals surface area (Å²) in [7, 11) is -7.90. The third-order valence-corrected chi connectivity index (χ3v) is 12.3. The predicted molar refractivity (Wildman–Crippen MR) is 235 cm³/mol. The van der Waals surface area contributed by atoms with Gasteiger partial charge in [0.2, 0.25) is 16.0 Å². The Balaban J connectivity index is 0.000000186. The second-order valence-electron chi connectivity index (χ2n) is 16.2. The molecule has 4 heterocycles. The quantitative estimate of drug-likeness (QED) is 0.126. The van der Waals surface area contributed by atoms with Gasteiger partial charge in [0.1, 0.15) is 35.2 Å². The van der Waals surface area contributed by atoms with Crippen LogP contribution in [0.3, 0.4) is 0 Å². The van der Waals surface area contributed by atoms with E-state index in [1.807, 2.05) is 44.6 Å². The summed E-state index contributed by atoms with van der Waals surface area (Å²) in [5.41, 5.74) is 4.57. The molecule has 0 atom stereocenters. The van der Waals surface area contributed by atoms with Crippen molar-refractivity contribution in [3.05, 3.63) is 119 Å². The molecule has 0 bridgehead atoms. The van der Waals surface area contributed by atoms with Gasteiger partial charge in [-0.15, -0.1) is 10.2 Å².